The van der Waals surface area contributed by atoms with E-state index in [0.29, 0.717) is 19.4 Å². The number of pyridine rings is 1. The van der Waals surface area contributed by atoms with E-state index < -0.39 is 10.0 Å². The van der Waals surface area contributed by atoms with Crippen LogP contribution in [0.4, 0.5) is 0 Å². The Labute approximate surface area is 140 Å². The van der Waals surface area contributed by atoms with E-state index in [1.807, 2.05) is 23.8 Å². The molecule has 3 heterocycles. The molecule has 0 aliphatic rings. The molecule has 0 atom stereocenters. The van der Waals surface area contributed by atoms with Crippen molar-refractivity contribution in [2.75, 3.05) is 12.3 Å². The standard InChI is InChI=1S/C16H21N5O2S/c1-3-4-9-24(22,23)20-8-5-12(2)21-11-19-14-10-18-16-13(15(14)21)6-7-17-16/h6-7,10-11,20H,2-5,8-9H2,1H3,(H,17,18). The fourth-order valence-electron chi connectivity index (χ4n) is 2.63. The minimum Gasteiger partial charge on any atom is -0.346 e. The summed E-state index contributed by atoms with van der Waals surface area (Å²) >= 11 is 0. The fourth-order valence-corrected chi connectivity index (χ4v) is 3.85. The van der Waals surface area contributed by atoms with Crippen LogP contribution >= 0.6 is 0 Å². The van der Waals surface area contributed by atoms with Gasteiger partial charge in [-0.3, -0.25) is 0 Å². The number of H-pyrrole nitrogens is 1. The predicted octanol–water partition coefficient (Wildman–Crippen LogP) is 2.49. The van der Waals surface area contributed by atoms with Crippen molar-refractivity contribution < 1.29 is 8.42 Å². The first-order chi connectivity index (χ1) is 11.5. The number of rotatable bonds is 8. The summed E-state index contributed by atoms with van der Waals surface area (Å²) in [6, 6.07) is 1.95. The lowest BCUT2D eigenvalue weighted by Crippen LogP contribution is -2.27. The van der Waals surface area contributed by atoms with E-state index in [1.165, 1.54) is 0 Å². The van der Waals surface area contributed by atoms with Crippen LogP contribution in [-0.2, 0) is 10.0 Å². The van der Waals surface area contributed by atoms with Gasteiger partial charge < -0.3 is 9.55 Å². The van der Waals surface area contributed by atoms with Gasteiger partial charge in [-0.1, -0.05) is 19.9 Å². The number of nitrogens with zero attached hydrogens (tertiary/aromatic N) is 3. The monoisotopic (exact) mass is 347 g/mol. The summed E-state index contributed by atoms with van der Waals surface area (Å²) in [6.07, 6.45) is 7.28. The average Bonchev–Trinajstić information content (AvgIpc) is 3.18. The molecule has 7 nitrogen and oxygen atoms in total. The van der Waals surface area contributed by atoms with Crippen molar-refractivity contribution in [1.29, 1.82) is 0 Å². The molecule has 0 aromatic carbocycles. The highest BCUT2D eigenvalue weighted by Gasteiger charge is 2.12. The minimum absolute atomic E-state index is 0.166. The van der Waals surface area contributed by atoms with Gasteiger partial charge in [-0.05, 0) is 12.5 Å². The number of aromatic nitrogens is 4. The molecule has 0 radical (unpaired) electrons. The number of nitrogens with one attached hydrogen (secondary N) is 2. The molecule has 0 aliphatic carbocycles. The van der Waals surface area contributed by atoms with E-state index in [-0.39, 0.29) is 5.75 Å². The van der Waals surface area contributed by atoms with Crippen LogP contribution in [0.1, 0.15) is 26.2 Å². The molecule has 0 bridgehead atoms. The third-order valence-corrected chi connectivity index (χ3v) is 5.40. The van der Waals surface area contributed by atoms with E-state index in [0.717, 1.165) is 34.2 Å². The van der Waals surface area contributed by atoms with Crippen LogP contribution in [-0.4, -0.2) is 40.2 Å². The van der Waals surface area contributed by atoms with Crippen molar-refractivity contribution in [3.8, 4) is 0 Å². The van der Waals surface area contributed by atoms with Crippen molar-refractivity contribution in [2.24, 2.45) is 0 Å². The summed E-state index contributed by atoms with van der Waals surface area (Å²) in [5.74, 6) is 0.166. The Bertz CT molecular complexity index is 971. The Morgan fingerprint density at radius 2 is 2.25 bits per heavy atom. The van der Waals surface area contributed by atoms with Gasteiger partial charge in [0.1, 0.15) is 17.5 Å². The van der Waals surface area contributed by atoms with Crippen molar-refractivity contribution >= 4 is 37.8 Å². The Hall–Kier alpha value is -2.19. The smallest absolute Gasteiger partial charge is 0.211 e. The van der Waals surface area contributed by atoms with Gasteiger partial charge in [0.2, 0.25) is 10.0 Å². The zero-order chi connectivity index (χ0) is 17.2. The van der Waals surface area contributed by atoms with Crippen LogP contribution in [0, 0.1) is 0 Å². The van der Waals surface area contributed by atoms with Gasteiger partial charge in [0, 0.05) is 30.2 Å². The molecule has 2 N–H and O–H groups in total. The first-order valence-electron chi connectivity index (χ1n) is 7.96. The first-order valence-corrected chi connectivity index (χ1v) is 9.61. The number of unbranched alkanes of at least 4 members (excludes halogenated alkanes) is 1. The molecule has 0 unspecified atom stereocenters. The molecule has 0 saturated heterocycles. The lowest BCUT2D eigenvalue weighted by Gasteiger charge is -2.10. The molecule has 3 rings (SSSR count). The summed E-state index contributed by atoms with van der Waals surface area (Å²) in [7, 11) is -3.21. The predicted molar refractivity (Wildman–Crippen MR) is 96.0 cm³/mol. The Morgan fingerprint density at radius 3 is 3.04 bits per heavy atom. The zero-order valence-corrected chi connectivity index (χ0v) is 14.4. The van der Waals surface area contributed by atoms with Crippen LogP contribution in [0.15, 0.2) is 31.4 Å². The second-order valence-electron chi connectivity index (χ2n) is 5.73. The second-order valence-corrected chi connectivity index (χ2v) is 7.66. The summed E-state index contributed by atoms with van der Waals surface area (Å²) in [4.78, 5) is 11.7. The summed E-state index contributed by atoms with van der Waals surface area (Å²) in [5, 5.41) is 0.967. The zero-order valence-electron chi connectivity index (χ0n) is 13.6. The van der Waals surface area contributed by atoms with Crippen LogP contribution in [0.2, 0.25) is 0 Å². The normalized spacial score (nSPS) is 12.2. The summed E-state index contributed by atoms with van der Waals surface area (Å²) in [5.41, 5.74) is 3.29. The van der Waals surface area contributed by atoms with Gasteiger partial charge in [-0.2, -0.15) is 0 Å². The average molecular weight is 347 g/mol. The fraction of sp³-hybridized carbons (Fsp3) is 0.375. The molecule has 0 aliphatic heterocycles. The number of imidazole rings is 1. The van der Waals surface area contributed by atoms with Gasteiger partial charge in [-0.15, -0.1) is 0 Å². The number of fused-ring (bicyclic) bond motifs is 3. The minimum atomic E-state index is -3.21. The molecule has 24 heavy (non-hydrogen) atoms. The molecule has 0 fully saturated rings. The van der Waals surface area contributed by atoms with Crippen LogP contribution in [0.5, 0.6) is 0 Å². The lowest BCUT2D eigenvalue weighted by molar-refractivity contribution is 0.578. The maximum atomic E-state index is 11.8. The molecular formula is C16H21N5O2S. The molecule has 0 amide bonds. The molecule has 3 aromatic rings. The van der Waals surface area contributed by atoms with E-state index in [2.05, 4.69) is 26.3 Å². The van der Waals surface area contributed by atoms with Crippen LogP contribution in [0.25, 0.3) is 27.8 Å². The highest BCUT2D eigenvalue weighted by atomic mass is 32.2. The number of aromatic amines is 1. The van der Waals surface area contributed by atoms with Crippen molar-refractivity contribution in [2.45, 2.75) is 26.2 Å². The highest BCUT2D eigenvalue weighted by Crippen LogP contribution is 2.24. The van der Waals surface area contributed by atoms with Crippen molar-refractivity contribution in [3.63, 3.8) is 0 Å². The van der Waals surface area contributed by atoms with Gasteiger partial charge in [0.05, 0.1) is 17.5 Å². The molecule has 8 heteroatoms. The maximum absolute atomic E-state index is 11.8. The van der Waals surface area contributed by atoms with Crippen LogP contribution in [0.3, 0.4) is 0 Å². The Morgan fingerprint density at radius 1 is 1.42 bits per heavy atom. The van der Waals surface area contributed by atoms with Gasteiger partial charge in [0.15, 0.2) is 0 Å². The number of hydrogen-bond acceptors (Lipinski definition) is 4. The molecule has 3 aromatic heterocycles. The van der Waals surface area contributed by atoms with E-state index >= 15 is 0 Å². The molecule has 128 valence electrons. The van der Waals surface area contributed by atoms with Gasteiger partial charge in [-0.25, -0.2) is 23.1 Å². The van der Waals surface area contributed by atoms with E-state index in [9.17, 15) is 8.42 Å². The van der Waals surface area contributed by atoms with E-state index in [1.54, 1.807) is 12.5 Å². The second kappa shape index (κ2) is 6.74. The summed E-state index contributed by atoms with van der Waals surface area (Å²) < 4.78 is 28.2. The van der Waals surface area contributed by atoms with E-state index in [4.69, 9.17) is 0 Å². The maximum Gasteiger partial charge on any atom is 0.211 e. The first kappa shape index (κ1) is 16.7. The third-order valence-electron chi connectivity index (χ3n) is 3.93. The molecule has 0 spiro atoms. The highest BCUT2D eigenvalue weighted by molar-refractivity contribution is 7.89. The van der Waals surface area contributed by atoms with Crippen molar-refractivity contribution in [3.05, 3.63) is 31.4 Å². The van der Waals surface area contributed by atoms with Crippen molar-refractivity contribution in [1.82, 2.24) is 24.2 Å². The number of sulfonamides is 1. The molecular weight excluding hydrogens is 326 g/mol. The van der Waals surface area contributed by atoms with Gasteiger partial charge in [0.25, 0.3) is 0 Å². The SMILES string of the molecule is C=C(CCNS(=O)(=O)CCCC)n1cnc2cnc3[nH]ccc3c21. The van der Waals surface area contributed by atoms with Crippen LogP contribution < -0.4 is 4.72 Å². The summed E-state index contributed by atoms with van der Waals surface area (Å²) in [6.45, 7) is 6.37. The lowest BCUT2D eigenvalue weighted by atomic mass is 10.2. The molecule has 0 saturated carbocycles. The Balaban J connectivity index is 1.74. The topological polar surface area (TPSA) is 92.7 Å². The largest absolute Gasteiger partial charge is 0.346 e. The quantitative estimate of drug-likeness (QED) is 0.655. The third kappa shape index (κ3) is 3.34. The Kier molecular flexibility index (Phi) is 4.68. The number of hydrogen-bond donors (Lipinski definition) is 2. The van der Waals surface area contributed by atoms with Gasteiger partial charge >= 0.3 is 0 Å².